The summed E-state index contributed by atoms with van der Waals surface area (Å²) < 4.78 is 142. The molecule has 129 heavy (non-hydrogen) atoms. The van der Waals surface area contributed by atoms with E-state index in [-0.39, 0.29) is 72.6 Å². The number of nitrogens with zero attached hydrogens (tertiary/aromatic N) is 3. The topological polar surface area (TPSA) is 253 Å². The second kappa shape index (κ2) is 49.8. The summed E-state index contributed by atoms with van der Waals surface area (Å²) in [4.78, 5) is 41.7. The van der Waals surface area contributed by atoms with Gasteiger partial charge in [0.25, 0.3) is 5.91 Å². The number of carbonyl (C=O) groups excluding carboxylic acids is 3. The summed E-state index contributed by atoms with van der Waals surface area (Å²) in [6.07, 6.45) is 4.57. The molecule has 0 radical (unpaired) electrons. The van der Waals surface area contributed by atoms with Crippen molar-refractivity contribution in [3.8, 4) is 46.0 Å². The Balaban J connectivity index is 0.000000165. The molecule has 690 valence electrons. The Morgan fingerprint density at radius 3 is 1.22 bits per heavy atom. The van der Waals surface area contributed by atoms with E-state index in [1.54, 1.807) is 13.2 Å². The van der Waals surface area contributed by atoms with E-state index in [9.17, 15) is 36.3 Å². The quantitative estimate of drug-likeness (QED) is 0.0155. The first-order valence-corrected chi connectivity index (χ1v) is 44.5. The van der Waals surface area contributed by atoms with Crippen LogP contribution >= 0.6 is 0 Å². The van der Waals surface area contributed by atoms with Gasteiger partial charge in [0.15, 0.2) is 23.1 Å². The van der Waals surface area contributed by atoms with Gasteiger partial charge in [-0.15, -0.1) is 0 Å². The zero-order valence-electron chi connectivity index (χ0n) is 73.5. The predicted octanol–water partition coefficient (Wildman–Crippen LogP) is 14.4. The summed E-state index contributed by atoms with van der Waals surface area (Å²) in [6.45, 7) is 18.4. The number of carbonyl (C=O) groups is 3. The van der Waals surface area contributed by atoms with Gasteiger partial charge in [-0.2, -0.15) is 0 Å². The number of anilines is 3. The lowest BCUT2D eigenvalue weighted by molar-refractivity contribution is -0.118. The van der Waals surface area contributed by atoms with Crippen molar-refractivity contribution in [2.24, 2.45) is 0 Å². The van der Waals surface area contributed by atoms with Crippen molar-refractivity contribution in [3.05, 3.63) is 256 Å². The highest BCUT2D eigenvalue weighted by atomic mass is 19.1. The van der Waals surface area contributed by atoms with Crippen molar-refractivity contribution < 1.29 is 97.9 Å². The molecule has 0 spiro atoms. The number of alkyl carbamates (subject to hydrolysis) is 1. The average molecular weight is 1790 g/mol. The van der Waals surface area contributed by atoms with Crippen molar-refractivity contribution >= 4 is 35.0 Å². The van der Waals surface area contributed by atoms with Crippen LogP contribution in [-0.2, 0) is 48.3 Å². The van der Waals surface area contributed by atoms with E-state index in [1.165, 1.54) is 48.9 Å². The van der Waals surface area contributed by atoms with Gasteiger partial charge in [-0.1, -0.05) is 60.7 Å². The molecule has 9 aromatic carbocycles. The van der Waals surface area contributed by atoms with Crippen molar-refractivity contribution in [1.29, 1.82) is 0 Å². The van der Waals surface area contributed by atoms with Crippen molar-refractivity contribution in [2.75, 3.05) is 187 Å². The molecule has 0 unspecified atom stereocenters. The largest absolute Gasteiger partial charge is 0.493 e. The molecule has 3 fully saturated rings. The van der Waals surface area contributed by atoms with Gasteiger partial charge in [-0.05, 0) is 194 Å². The van der Waals surface area contributed by atoms with E-state index in [2.05, 4.69) is 118 Å². The molecule has 0 bridgehead atoms. The van der Waals surface area contributed by atoms with Gasteiger partial charge in [0.05, 0.1) is 115 Å². The van der Waals surface area contributed by atoms with Crippen molar-refractivity contribution in [1.82, 2.24) is 31.9 Å². The Hall–Kier alpha value is -11.6. The highest BCUT2D eigenvalue weighted by Crippen LogP contribution is 2.39. The minimum absolute atomic E-state index is 0.00327. The number of benzene rings is 9. The van der Waals surface area contributed by atoms with Gasteiger partial charge in [0, 0.05) is 121 Å². The minimum atomic E-state index is -0.589. The van der Waals surface area contributed by atoms with Crippen LogP contribution in [0.3, 0.4) is 0 Å². The number of hydrogen-bond donors (Lipinski definition) is 6. The summed E-state index contributed by atoms with van der Waals surface area (Å²) in [5.41, 5.74) is 10.3. The Morgan fingerprint density at radius 2 is 0.814 bits per heavy atom. The number of nitrogens with one attached hydrogen (secondary N) is 6. The number of ether oxygens (including phenoxy) is 13. The number of methoxy groups -OCH3 is 2. The molecule has 0 saturated carbocycles. The van der Waals surface area contributed by atoms with Crippen LogP contribution in [0, 0.1) is 29.1 Å². The van der Waals surface area contributed by atoms with E-state index in [0.29, 0.717) is 104 Å². The number of halogens is 5. The second-order valence-electron chi connectivity index (χ2n) is 32.1. The van der Waals surface area contributed by atoms with Crippen LogP contribution in [0.2, 0.25) is 0 Å². The monoisotopic (exact) mass is 1780 g/mol. The van der Waals surface area contributed by atoms with Crippen LogP contribution in [0.25, 0.3) is 0 Å². The summed E-state index contributed by atoms with van der Waals surface area (Å²) in [5, 5.41) is 18.7. The Bertz CT molecular complexity index is 5010. The molecule has 6 aliphatic rings. The van der Waals surface area contributed by atoms with E-state index in [1.807, 2.05) is 60.7 Å². The second-order valence-corrected chi connectivity index (χ2v) is 32.1. The van der Waals surface area contributed by atoms with Gasteiger partial charge in [-0.25, -0.2) is 26.7 Å². The summed E-state index contributed by atoms with van der Waals surface area (Å²) in [6, 6.07) is 54.8. The molecule has 3 amide bonds. The van der Waals surface area contributed by atoms with Crippen LogP contribution in [0.1, 0.15) is 107 Å². The third kappa shape index (κ3) is 28.9. The Labute approximate surface area is 751 Å². The SMILES string of the molecule is CC(=O)NCCN1CCOc2ccc(CO[C@H]3CNCC[C@@H]3c3ccc(OCCCOc4cc(F)ccc4F)cc3)cc21.COC(=O)NCCN1CCOc2ccc(CO[C@H]3CNCC[C@@H]3c3ccc(OCCCOc4cc(F)ccc4F)cc3)cc21.COCCCN1CCOc2ccc(CO[C@H]3CNCC[C@@H]3c3ccc(OCCNC(=O)c4cccc(F)c4)cc3)cc21. The number of rotatable bonds is 39. The van der Waals surface area contributed by atoms with E-state index in [4.69, 9.17) is 56.8 Å². The van der Waals surface area contributed by atoms with Crippen molar-refractivity contribution in [3.63, 3.8) is 0 Å². The Morgan fingerprint density at radius 1 is 0.411 bits per heavy atom. The fraction of sp³-hybridized carbons (Fsp3) is 0.424. The average Bonchev–Trinajstić information content (AvgIpc) is 0.807. The maximum atomic E-state index is 13.7. The third-order valence-corrected chi connectivity index (χ3v) is 23.1. The highest BCUT2D eigenvalue weighted by molar-refractivity contribution is 5.94. The molecule has 3 saturated heterocycles. The van der Waals surface area contributed by atoms with E-state index >= 15 is 0 Å². The number of amides is 3. The lowest BCUT2D eigenvalue weighted by Crippen LogP contribution is -2.41. The molecule has 0 aliphatic carbocycles. The van der Waals surface area contributed by atoms with Crippen LogP contribution in [0.5, 0.6) is 46.0 Å². The van der Waals surface area contributed by atoms with Gasteiger partial charge in [-0.3, -0.25) is 9.59 Å². The van der Waals surface area contributed by atoms with Crippen LogP contribution in [-0.4, -0.2) is 208 Å². The fourth-order valence-electron chi connectivity index (χ4n) is 16.4. The fourth-order valence-corrected chi connectivity index (χ4v) is 16.4. The molecular weight excluding hydrogens is 1670 g/mol. The highest BCUT2D eigenvalue weighted by Gasteiger charge is 2.32. The predicted molar refractivity (Wildman–Crippen MR) is 482 cm³/mol. The molecule has 9 aromatic rings. The molecule has 30 heteroatoms. The maximum absolute atomic E-state index is 13.7. The lowest BCUT2D eigenvalue weighted by Gasteiger charge is -2.33. The van der Waals surface area contributed by atoms with Gasteiger partial charge >= 0.3 is 6.09 Å². The molecule has 25 nitrogen and oxygen atoms in total. The molecule has 6 atom stereocenters. The first kappa shape index (κ1) is 95.0. The van der Waals surface area contributed by atoms with Gasteiger partial charge in [0.1, 0.15) is 78.4 Å². The standard InChI is InChI=1S/C33H39F2N3O6.C33H39F2N3O5.C33H40FN3O5/c1-40-33(39)37-13-14-38-15-18-43-30-10-3-23(19-29(30)38)22-44-32-21-36-12-11-27(32)24-4-7-26(8-5-24)41-16-2-17-42-31-20-25(34)6-9-28(31)35;1-23(39)37-13-14-38-15-18-42-31-10-3-24(19-30(31)38)22-43-33-21-36-12-11-28(33)25-4-7-27(8-5-25)40-16-2-17-41-32-20-26(34)6-9-29(32)35;1-39-17-3-15-37-16-19-41-31-11-6-24(20-30(31)37)23-42-32-22-35-13-12-29(32)25-7-9-28(10-8-25)40-18-14-36-33(38)26-4-2-5-27(34)21-26/h3-10,19-20,27,32,36H,2,11-18,21-22H2,1H3,(H,37,39);3-10,19-20,28,33,36H,2,11-18,21-22H2,1H3,(H,37,39);2,4-11,20-21,29,32,35H,3,12-19,22-23H2,1H3,(H,36,38)/t27-,32+;28-,33+;29-,32+/m111/s1. The molecule has 0 aromatic heterocycles. The maximum Gasteiger partial charge on any atom is 0.406 e. The molecule has 6 N–H and O–H groups in total. The minimum Gasteiger partial charge on any atom is -0.493 e. The van der Waals surface area contributed by atoms with Crippen LogP contribution in [0.15, 0.2) is 188 Å². The van der Waals surface area contributed by atoms with Gasteiger partial charge in [0.2, 0.25) is 5.91 Å². The normalized spacial score (nSPS) is 18.0. The summed E-state index contributed by atoms with van der Waals surface area (Å²) in [5.74, 6) is 2.35. The lowest BCUT2D eigenvalue weighted by atomic mass is 9.87. The van der Waals surface area contributed by atoms with Gasteiger partial charge < -0.3 is 108 Å². The zero-order valence-corrected chi connectivity index (χ0v) is 73.5. The summed E-state index contributed by atoms with van der Waals surface area (Å²) in [7, 11) is 3.09. The number of hydrogen-bond acceptors (Lipinski definition) is 22. The first-order chi connectivity index (χ1) is 63.1. The number of piperidine rings is 3. The van der Waals surface area contributed by atoms with E-state index in [0.717, 1.165) is 209 Å². The summed E-state index contributed by atoms with van der Waals surface area (Å²) >= 11 is 0. The third-order valence-electron chi connectivity index (χ3n) is 23.1. The smallest absolute Gasteiger partial charge is 0.406 e. The van der Waals surface area contributed by atoms with E-state index < -0.39 is 35.2 Å². The molecule has 6 heterocycles. The molecule has 15 rings (SSSR count). The molecule has 6 aliphatic heterocycles. The van der Waals surface area contributed by atoms with Crippen LogP contribution < -0.4 is 84.5 Å². The molecular formula is C99H118F5N9O16. The van der Waals surface area contributed by atoms with Crippen molar-refractivity contribution in [2.45, 2.75) is 101 Å². The zero-order chi connectivity index (χ0) is 89.9. The first-order valence-electron chi connectivity index (χ1n) is 44.5. The number of fused-ring (bicyclic) bond motifs is 3. The Kier molecular flexibility index (Phi) is 36.6. The van der Waals surface area contributed by atoms with Crippen LogP contribution in [0.4, 0.5) is 43.8 Å².